The van der Waals surface area contributed by atoms with E-state index in [1.807, 2.05) is 32.3 Å². The van der Waals surface area contributed by atoms with Gasteiger partial charge in [-0.05, 0) is 48.9 Å². The number of ether oxygens (including phenoxy) is 1. The first-order chi connectivity index (χ1) is 9.65. The highest BCUT2D eigenvalue weighted by Gasteiger charge is 1.97. The predicted molar refractivity (Wildman–Crippen MR) is 85.9 cm³/mol. The zero-order chi connectivity index (χ0) is 14.4. The Kier molecular flexibility index (Phi) is 4.88. The van der Waals surface area contributed by atoms with Gasteiger partial charge in [-0.25, -0.2) is 0 Å². The van der Waals surface area contributed by atoms with Crippen molar-refractivity contribution in [2.75, 3.05) is 37.5 Å². The molecule has 20 heavy (non-hydrogen) atoms. The number of benzene rings is 2. The van der Waals surface area contributed by atoms with Gasteiger partial charge in [0.2, 0.25) is 0 Å². The lowest BCUT2D eigenvalue weighted by molar-refractivity contribution is 0.332. The summed E-state index contributed by atoms with van der Waals surface area (Å²) in [7, 11) is 4.08. The fourth-order valence-electron chi connectivity index (χ4n) is 1.95. The van der Waals surface area contributed by atoms with Crippen LogP contribution in [-0.2, 0) is 0 Å². The summed E-state index contributed by atoms with van der Waals surface area (Å²) in [5, 5.41) is 3.35. The van der Waals surface area contributed by atoms with E-state index in [1.165, 1.54) is 11.3 Å². The molecule has 0 saturated heterocycles. The van der Waals surface area contributed by atoms with Gasteiger partial charge in [0.25, 0.3) is 0 Å². The zero-order valence-electron chi connectivity index (χ0n) is 12.4. The van der Waals surface area contributed by atoms with E-state index in [1.54, 1.807) is 0 Å². The Labute approximate surface area is 121 Å². The molecule has 1 N–H and O–H groups in total. The van der Waals surface area contributed by atoms with Crippen LogP contribution in [0, 0.1) is 6.92 Å². The topological polar surface area (TPSA) is 24.5 Å². The van der Waals surface area contributed by atoms with Gasteiger partial charge in [-0.15, -0.1) is 0 Å². The van der Waals surface area contributed by atoms with Crippen molar-refractivity contribution in [2.45, 2.75) is 6.92 Å². The van der Waals surface area contributed by atoms with Crippen LogP contribution in [0.5, 0.6) is 5.75 Å². The van der Waals surface area contributed by atoms with Crippen molar-refractivity contribution in [3.8, 4) is 5.75 Å². The molecular weight excluding hydrogens is 248 g/mol. The second-order valence-corrected chi connectivity index (χ2v) is 5.03. The SMILES string of the molecule is Cc1cccc(OCCNc2ccc(N(C)C)cc2)c1. The van der Waals surface area contributed by atoms with Crippen LogP contribution in [0.3, 0.4) is 0 Å². The normalized spacial score (nSPS) is 10.2. The van der Waals surface area contributed by atoms with Crippen LogP contribution in [0.4, 0.5) is 11.4 Å². The van der Waals surface area contributed by atoms with Crippen LogP contribution < -0.4 is 15.0 Å². The molecule has 2 aromatic carbocycles. The van der Waals surface area contributed by atoms with Gasteiger partial charge >= 0.3 is 0 Å². The largest absolute Gasteiger partial charge is 0.492 e. The van der Waals surface area contributed by atoms with Gasteiger partial charge in [-0.1, -0.05) is 12.1 Å². The highest BCUT2D eigenvalue weighted by molar-refractivity contribution is 5.54. The average molecular weight is 270 g/mol. The van der Waals surface area contributed by atoms with E-state index >= 15 is 0 Å². The summed E-state index contributed by atoms with van der Waals surface area (Å²) in [4.78, 5) is 2.09. The van der Waals surface area contributed by atoms with Crippen LogP contribution in [0.2, 0.25) is 0 Å². The van der Waals surface area contributed by atoms with E-state index < -0.39 is 0 Å². The molecule has 0 unspecified atom stereocenters. The predicted octanol–water partition coefficient (Wildman–Crippen LogP) is 3.55. The number of anilines is 2. The first-order valence-electron chi connectivity index (χ1n) is 6.86. The van der Waals surface area contributed by atoms with Gasteiger partial charge in [-0.3, -0.25) is 0 Å². The lowest BCUT2D eigenvalue weighted by atomic mass is 10.2. The Hall–Kier alpha value is -2.16. The van der Waals surface area contributed by atoms with Crippen LogP contribution in [-0.4, -0.2) is 27.2 Å². The van der Waals surface area contributed by atoms with Crippen LogP contribution >= 0.6 is 0 Å². The van der Waals surface area contributed by atoms with Gasteiger partial charge in [0.15, 0.2) is 0 Å². The lowest BCUT2D eigenvalue weighted by Crippen LogP contribution is -2.12. The number of hydrogen-bond donors (Lipinski definition) is 1. The summed E-state index contributed by atoms with van der Waals surface area (Å²) < 4.78 is 5.70. The van der Waals surface area contributed by atoms with Crippen molar-refractivity contribution < 1.29 is 4.74 Å². The molecule has 0 spiro atoms. The second kappa shape index (κ2) is 6.85. The maximum absolute atomic E-state index is 5.70. The van der Waals surface area contributed by atoms with E-state index in [2.05, 4.69) is 47.5 Å². The average Bonchev–Trinajstić information content (AvgIpc) is 2.44. The molecule has 0 bridgehead atoms. The van der Waals surface area contributed by atoms with Crippen molar-refractivity contribution in [1.82, 2.24) is 0 Å². The third-order valence-electron chi connectivity index (χ3n) is 3.07. The van der Waals surface area contributed by atoms with Crippen LogP contribution in [0.25, 0.3) is 0 Å². The molecule has 2 rings (SSSR count). The van der Waals surface area contributed by atoms with Crippen molar-refractivity contribution in [1.29, 1.82) is 0 Å². The van der Waals surface area contributed by atoms with E-state index in [9.17, 15) is 0 Å². The molecule has 2 aromatic rings. The minimum absolute atomic E-state index is 0.652. The van der Waals surface area contributed by atoms with Gasteiger partial charge in [0, 0.05) is 32.0 Å². The Morgan fingerprint density at radius 2 is 1.80 bits per heavy atom. The fraction of sp³-hybridized carbons (Fsp3) is 0.294. The highest BCUT2D eigenvalue weighted by atomic mass is 16.5. The Bertz CT molecular complexity index is 535. The minimum atomic E-state index is 0.652. The summed E-state index contributed by atoms with van der Waals surface area (Å²) >= 11 is 0. The van der Waals surface area contributed by atoms with Gasteiger partial charge < -0.3 is 15.0 Å². The van der Waals surface area contributed by atoms with Crippen LogP contribution in [0.15, 0.2) is 48.5 Å². The molecule has 0 aromatic heterocycles. The van der Waals surface area contributed by atoms with E-state index in [-0.39, 0.29) is 0 Å². The second-order valence-electron chi connectivity index (χ2n) is 5.03. The summed E-state index contributed by atoms with van der Waals surface area (Å²) in [5.74, 6) is 0.926. The van der Waals surface area contributed by atoms with Gasteiger partial charge in [0.05, 0.1) is 0 Å². The summed E-state index contributed by atoms with van der Waals surface area (Å²) in [6, 6.07) is 16.5. The first-order valence-corrected chi connectivity index (χ1v) is 6.86. The van der Waals surface area contributed by atoms with Crippen molar-refractivity contribution in [3.05, 3.63) is 54.1 Å². The van der Waals surface area contributed by atoms with Gasteiger partial charge in [-0.2, -0.15) is 0 Å². The Morgan fingerprint density at radius 3 is 2.45 bits per heavy atom. The zero-order valence-corrected chi connectivity index (χ0v) is 12.4. The summed E-state index contributed by atoms with van der Waals surface area (Å²) in [6.45, 7) is 3.51. The number of nitrogens with zero attached hydrogens (tertiary/aromatic N) is 1. The third kappa shape index (κ3) is 4.19. The lowest BCUT2D eigenvalue weighted by Gasteiger charge is -2.13. The smallest absolute Gasteiger partial charge is 0.119 e. The van der Waals surface area contributed by atoms with E-state index in [0.29, 0.717) is 6.61 Å². The Morgan fingerprint density at radius 1 is 1.05 bits per heavy atom. The quantitative estimate of drug-likeness (QED) is 0.812. The molecule has 3 nitrogen and oxygen atoms in total. The summed E-state index contributed by atoms with van der Waals surface area (Å²) in [5.41, 5.74) is 3.53. The maximum atomic E-state index is 5.70. The number of nitrogens with one attached hydrogen (secondary N) is 1. The minimum Gasteiger partial charge on any atom is -0.492 e. The van der Waals surface area contributed by atoms with Crippen molar-refractivity contribution >= 4 is 11.4 Å². The third-order valence-corrected chi connectivity index (χ3v) is 3.07. The molecule has 106 valence electrons. The Balaban J connectivity index is 1.75. The fourth-order valence-corrected chi connectivity index (χ4v) is 1.95. The molecule has 0 aliphatic carbocycles. The van der Waals surface area contributed by atoms with Crippen molar-refractivity contribution in [2.24, 2.45) is 0 Å². The number of hydrogen-bond acceptors (Lipinski definition) is 3. The summed E-state index contributed by atoms with van der Waals surface area (Å²) in [6.07, 6.45) is 0. The molecule has 0 atom stereocenters. The molecule has 0 radical (unpaired) electrons. The molecule has 0 aliphatic rings. The van der Waals surface area contributed by atoms with E-state index in [0.717, 1.165) is 18.0 Å². The highest BCUT2D eigenvalue weighted by Crippen LogP contribution is 2.15. The molecule has 0 saturated carbocycles. The van der Waals surface area contributed by atoms with Crippen LogP contribution in [0.1, 0.15) is 5.56 Å². The molecule has 0 fully saturated rings. The standard InChI is InChI=1S/C17H22N2O/c1-14-5-4-6-17(13-14)20-12-11-18-15-7-9-16(10-8-15)19(2)3/h4-10,13,18H,11-12H2,1-3H3. The van der Waals surface area contributed by atoms with E-state index in [4.69, 9.17) is 4.74 Å². The monoisotopic (exact) mass is 270 g/mol. The molecule has 0 heterocycles. The van der Waals surface area contributed by atoms with Crippen molar-refractivity contribution in [3.63, 3.8) is 0 Å². The maximum Gasteiger partial charge on any atom is 0.119 e. The number of aryl methyl sites for hydroxylation is 1. The molecule has 0 amide bonds. The molecular formula is C17H22N2O. The molecule has 0 aliphatic heterocycles. The van der Waals surface area contributed by atoms with Gasteiger partial charge in [0.1, 0.15) is 12.4 Å². The molecule has 3 heteroatoms. The number of rotatable bonds is 6. The first kappa shape index (κ1) is 14.3.